The Balaban J connectivity index is 1.87. The van der Waals surface area contributed by atoms with Crippen molar-refractivity contribution in [1.82, 2.24) is 15.1 Å². The number of hydrogen-bond acceptors (Lipinski definition) is 6. The molecule has 0 radical (unpaired) electrons. The molecule has 0 amide bonds. The minimum atomic E-state index is -0.444. The number of halogens is 1. The lowest BCUT2D eigenvalue weighted by Crippen LogP contribution is -2.43. The van der Waals surface area contributed by atoms with Crippen LogP contribution in [0.3, 0.4) is 0 Å². The van der Waals surface area contributed by atoms with E-state index in [1.165, 1.54) is 17.3 Å². The molecule has 0 saturated heterocycles. The highest BCUT2D eigenvalue weighted by Gasteiger charge is 2.38. The van der Waals surface area contributed by atoms with Crippen LogP contribution in [0.25, 0.3) is 11.4 Å². The van der Waals surface area contributed by atoms with Crippen molar-refractivity contribution in [2.75, 3.05) is 17.8 Å². The lowest BCUT2D eigenvalue weighted by molar-refractivity contribution is 0.246. The SMILES string of the molecule is CN1c2nc(-c3ccccc3)nc(N)c2C(c2cccc(F)c2)N1N. The van der Waals surface area contributed by atoms with E-state index in [1.54, 1.807) is 24.2 Å². The third kappa shape index (κ3) is 2.50. The van der Waals surface area contributed by atoms with Gasteiger partial charge in [0.15, 0.2) is 11.6 Å². The zero-order valence-corrected chi connectivity index (χ0v) is 13.6. The number of nitrogens with zero attached hydrogens (tertiary/aromatic N) is 4. The van der Waals surface area contributed by atoms with Crippen LogP contribution in [-0.4, -0.2) is 22.1 Å². The molecule has 6 nitrogen and oxygen atoms in total. The van der Waals surface area contributed by atoms with Crippen molar-refractivity contribution in [3.05, 3.63) is 71.5 Å². The van der Waals surface area contributed by atoms with Gasteiger partial charge in [0.1, 0.15) is 17.7 Å². The number of rotatable bonds is 2. The Labute approximate surface area is 144 Å². The van der Waals surface area contributed by atoms with Crippen molar-refractivity contribution in [3.63, 3.8) is 0 Å². The molecule has 1 aliphatic heterocycles. The van der Waals surface area contributed by atoms with E-state index in [0.717, 1.165) is 5.56 Å². The highest BCUT2D eigenvalue weighted by molar-refractivity contribution is 5.69. The number of hydrogen-bond donors (Lipinski definition) is 2. The predicted molar refractivity (Wildman–Crippen MR) is 94.6 cm³/mol. The number of benzene rings is 2. The molecule has 2 heterocycles. The van der Waals surface area contributed by atoms with Gasteiger partial charge < -0.3 is 5.73 Å². The zero-order valence-electron chi connectivity index (χ0n) is 13.6. The molecule has 3 aromatic rings. The molecule has 1 aliphatic rings. The molecule has 1 unspecified atom stereocenters. The highest BCUT2D eigenvalue weighted by atomic mass is 19.1. The number of nitrogens with two attached hydrogens (primary N) is 2. The van der Waals surface area contributed by atoms with Crippen LogP contribution < -0.4 is 16.6 Å². The van der Waals surface area contributed by atoms with Gasteiger partial charge in [0, 0.05) is 12.6 Å². The van der Waals surface area contributed by atoms with Gasteiger partial charge in [0.2, 0.25) is 0 Å². The van der Waals surface area contributed by atoms with Gasteiger partial charge in [-0.2, -0.15) is 0 Å². The number of fused-ring (bicyclic) bond motifs is 1. The van der Waals surface area contributed by atoms with E-state index in [2.05, 4.69) is 9.97 Å². The van der Waals surface area contributed by atoms with Crippen molar-refractivity contribution < 1.29 is 4.39 Å². The van der Waals surface area contributed by atoms with Gasteiger partial charge >= 0.3 is 0 Å². The van der Waals surface area contributed by atoms with Crippen molar-refractivity contribution in [2.24, 2.45) is 5.84 Å². The molecule has 1 aromatic heterocycles. The second-order valence-corrected chi connectivity index (χ2v) is 5.90. The Hall–Kier alpha value is -3.03. The summed E-state index contributed by atoms with van der Waals surface area (Å²) in [6.07, 6.45) is 0. The fourth-order valence-electron chi connectivity index (χ4n) is 3.11. The lowest BCUT2D eigenvalue weighted by atomic mass is 10.0. The minimum absolute atomic E-state index is 0.331. The summed E-state index contributed by atoms with van der Waals surface area (Å²) < 4.78 is 13.7. The summed E-state index contributed by atoms with van der Waals surface area (Å²) in [6.45, 7) is 0. The molecule has 25 heavy (non-hydrogen) atoms. The number of anilines is 2. The van der Waals surface area contributed by atoms with Crippen LogP contribution >= 0.6 is 0 Å². The topological polar surface area (TPSA) is 84.3 Å². The quantitative estimate of drug-likeness (QED) is 0.700. The number of aromatic nitrogens is 2. The van der Waals surface area contributed by atoms with Gasteiger partial charge in [-0.15, -0.1) is 5.12 Å². The minimum Gasteiger partial charge on any atom is -0.383 e. The van der Waals surface area contributed by atoms with Crippen LogP contribution in [0, 0.1) is 5.82 Å². The first-order chi connectivity index (χ1) is 12.1. The molecule has 0 saturated carbocycles. The van der Waals surface area contributed by atoms with Gasteiger partial charge in [-0.05, 0) is 17.7 Å². The largest absolute Gasteiger partial charge is 0.383 e. The Morgan fingerprint density at radius 1 is 1.04 bits per heavy atom. The van der Waals surface area contributed by atoms with Gasteiger partial charge in [0.05, 0.1) is 5.56 Å². The van der Waals surface area contributed by atoms with Crippen LogP contribution in [-0.2, 0) is 0 Å². The fourth-order valence-corrected chi connectivity index (χ4v) is 3.11. The first-order valence-electron chi connectivity index (χ1n) is 7.82. The Bertz CT molecular complexity index is 930. The maximum Gasteiger partial charge on any atom is 0.163 e. The Morgan fingerprint density at radius 3 is 2.52 bits per heavy atom. The maximum atomic E-state index is 13.7. The van der Waals surface area contributed by atoms with Gasteiger partial charge in [-0.3, -0.25) is 5.01 Å². The summed E-state index contributed by atoms with van der Waals surface area (Å²) in [5, 5.41) is 3.19. The molecule has 0 fully saturated rings. The second kappa shape index (κ2) is 5.80. The van der Waals surface area contributed by atoms with Crippen LogP contribution in [0.15, 0.2) is 54.6 Å². The summed E-state index contributed by atoms with van der Waals surface area (Å²) in [6, 6.07) is 15.4. The summed E-state index contributed by atoms with van der Waals surface area (Å²) in [4.78, 5) is 9.08. The van der Waals surface area contributed by atoms with Gasteiger partial charge in [0.25, 0.3) is 0 Å². The molecule has 1 atom stereocenters. The van der Waals surface area contributed by atoms with Crippen LogP contribution in [0.5, 0.6) is 0 Å². The molecule has 0 spiro atoms. The molecule has 0 bridgehead atoms. The first kappa shape index (κ1) is 15.5. The summed E-state index contributed by atoms with van der Waals surface area (Å²) in [5.74, 6) is 7.37. The van der Waals surface area contributed by atoms with E-state index in [0.29, 0.717) is 28.6 Å². The zero-order chi connectivity index (χ0) is 17.6. The van der Waals surface area contributed by atoms with Crippen LogP contribution in [0.4, 0.5) is 16.0 Å². The normalized spacial score (nSPS) is 16.9. The predicted octanol–water partition coefficient (Wildman–Crippen LogP) is 2.49. The highest BCUT2D eigenvalue weighted by Crippen LogP contribution is 2.43. The molecular weight excluding hydrogens is 319 g/mol. The van der Waals surface area contributed by atoms with Gasteiger partial charge in [-0.25, -0.2) is 20.2 Å². The number of nitrogen functional groups attached to an aromatic ring is 1. The monoisotopic (exact) mass is 336 g/mol. The molecule has 0 aliphatic carbocycles. The molecule has 4 rings (SSSR count). The van der Waals surface area contributed by atoms with Crippen molar-refractivity contribution >= 4 is 11.6 Å². The molecular formula is C18H17FN6. The lowest BCUT2D eigenvalue weighted by Gasteiger charge is -2.25. The average molecular weight is 336 g/mol. The van der Waals surface area contributed by atoms with Crippen molar-refractivity contribution in [3.8, 4) is 11.4 Å². The molecule has 7 heteroatoms. The Morgan fingerprint density at radius 2 is 1.80 bits per heavy atom. The van der Waals surface area contributed by atoms with E-state index < -0.39 is 6.04 Å². The number of hydrazine groups is 2. The van der Waals surface area contributed by atoms with Crippen molar-refractivity contribution in [2.45, 2.75) is 6.04 Å². The van der Waals surface area contributed by atoms with Crippen molar-refractivity contribution in [1.29, 1.82) is 0 Å². The van der Waals surface area contributed by atoms with E-state index in [-0.39, 0.29) is 5.82 Å². The second-order valence-electron chi connectivity index (χ2n) is 5.90. The summed E-state index contributed by atoms with van der Waals surface area (Å²) >= 11 is 0. The summed E-state index contributed by atoms with van der Waals surface area (Å²) in [5.41, 5.74) is 8.48. The molecule has 126 valence electrons. The third-order valence-electron chi connectivity index (χ3n) is 4.34. The third-order valence-corrected chi connectivity index (χ3v) is 4.34. The maximum absolute atomic E-state index is 13.7. The van der Waals surface area contributed by atoms with E-state index in [1.807, 2.05) is 30.3 Å². The fraction of sp³-hybridized carbons (Fsp3) is 0.111. The van der Waals surface area contributed by atoms with Crippen LogP contribution in [0.2, 0.25) is 0 Å². The van der Waals surface area contributed by atoms with Gasteiger partial charge in [-0.1, -0.05) is 42.5 Å². The van der Waals surface area contributed by atoms with E-state index >= 15 is 0 Å². The molecule has 4 N–H and O–H groups in total. The van der Waals surface area contributed by atoms with E-state index in [9.17, 15) is 4.39 Å². The average Bonchev–Trinajstić information content (AvgIpc) is 2.88. The first-order valence-corrected chi connectivity index (χ1v) is 7.82. The van der Waals surface area contributed by atoms with Crippen LogP contribution in [0.1, 0.15) is 17.2 Å². The standard InChI is InChI=1S/C18H17FN6/c1-24-18-14(15(25(24)21)12-8-5-9-13(19)10-12)16(20)22-17(23-18)11-6-3-2-4-7-11/h2-10,15H,21H2,1H3,(H2,20,22,23). The van der Waals surface area contributed by atoms with E-state index in [4.69, 9.17) is 11.6 Å². The molecule has 2 aromatic carbocycles. The smallest absolute Gasteiger partial charge is 0.163 e. The summed E-state index contributed by atoms with van der Waals surface area (Å²) in [7, 11) is 1.79. The Kier molecular flexibility index (Phi) is 3.60.